The van der Waals surface area contributed by atoms with Crippen molar-refractivity contribution in [2.45, 2.75) is 271 Å². The van der Waals surface area contributed by atoms with Crippen molar-refractivity contribution in [3.05, 3.63) is 122 Å². The Bertz CT molecular complexity index is 1540. The van der Waals surface area contributed by atoms with Crippen LogP contribution in [0.15, 0.2) is 122 Å². The summed E-state index contributed by atoms with van der Waals surface area (Å²) in [6.07, 6.45) is 83.5. The molecule has 0 aliphatic heterocycles. The van der Waals surface area contributed by atoms with E-state index in [-0.39, 0.29) is 31.1 Å². The van der Waals surface area contributed by atoms with Gasteiger partial charge in [0.25, 0.3) is 0 Å². The van der Waals surface area contributed by atoms with Crippen LogP contribution in [0.1, 0.15) is 265 Å². The van der Waals surface area contributed by atoms with Gasteiger partial charge in [0, 0.05) is 19.3 Å². The highest BCUT2D eigenvalue weighted by molar-refractivity contribution is 5.71. The van der Waals surface area contributed by atoms with Gasteiger partial charge in [0.15, 0.2) is 6.10 Å². The molecular weight excluding hydrogens is 901 g/mol. The Morgan fingerprint density at radius 2 is 0.562 bits per heavy atom. The van der Waals surface area contributed by atoms with Gasteiger partial charge in [0.05, 0.1) is 0 Å². The molecule has 6 heteroatoms. The predicted molar refractivity (Wildman–Crippen MR) is 316 cm³/mol. The van der Waals surface area contributed by atoms with Crippen molar-refractivity contribution in [2.24, 2.45) is 0 Å². The van der Waals surface area contributed by atoms with Gasteiger partial charge in [0.1, 0.15) is 13.2 Å². The summed E-state index contributed by atoms with van der Waals surface area (Å²) in [6.45, 7) is 6.41. The highest BCUT2D eigenvalue weighted by atomic mass is 16.6. The summed E-state index contributed by atoms with van der Waals surface area (Å²) in [6, 6.07) is 0. The third-order valence-corrected chi connectivity index (χ3v) is 12.4. The largest absolute Gasteiger partial charge is 0.462 e. The fourth-order valence-electron chi connectivity index (χ4n) is 7.92. The molecule has 414 valence electrons. The summed E-state index contributed by atoms with van der Waals surface area (Å²) in [5.74, 6) is -0.961. The van der Waals surface area contributed by atoms with Crippen molar-refractivity contribution in [2.75, 3.05) is 13.2 Å². The summed E-state index contributed by atoms with van der Waals surface area (Å²) in [5.41, 5.74) is 0. The van der Waals surface area contributed by atoms with E-state index in [0.29, 0.717) is 25.7 Å². The van der Waals surface area contributed by atoms with E-state index < -0.39 is 6.10 Å². The van der Waals surface area contributed by atoms with Crippen LogP contribution in [0.2, 0.25) is 0 Å². The van der Waals surface area contributed by atoms with Gasteiger partial charge in [-0.3, -0.25) is 14.4 Å². The zero-order chi connectivity index (χ0) is 52.9. The molecule has 0 aromatic carbocycles. The Balaban J connectivity index is 4.39. The molecule has 6 nitrogen and oxygen atoms in total. The molecule has 0 N–H and O–H groups in total. The number of unbranched alkanes of at least 4 members (excludes halogenated alkanes) is 22. The van der Waals surface area contributed by atoms with Crippen molar-refractivity contribution in [3.8, 4) is 0 Å². The third-order valence-electron chi connectivity index (χ3n) is 12.4. The van der Waals surface area contributed by atoms with Crippen molar-refractivity contribution in [1.29, 1.82) is 0 Å². The van der Waals surface area contributed by atoms with E-state index in [1.807, 2.05) is 0 Å². The van der Waals surface area contributed by atoms with E-state index in [9.17, 15) is 14.4 Å². The molecule has 0 aliphatic carbocycles. The lowest BCUT2D eigenvalue weighted by Crippen LogP contribution is -2.30. The molecule has 0 fully saturated rings. The maximum atomic E-state index is 12.9. The topological polar surface area (TPSA) is 78.9 Å². The maximum absolute atomic E-state index is 12.9. The van der Waals surface area contributed by atoms with Crippen LogP contribution in [0.5, 0.6) is 0 Å². The van der Waals surface area contributed by atoms with E-state index in [1.54, 1.807) is 0 Å². The van der Waals surface area contributed by atoms with Crippen LogP contribution in [0.4, 0.5) is 0 Å². The fraction of sp³-hybridized carbons (Fsp3) is 0.657. The van der Waals surface area contributed by atoms with Crippen LogP contribution in [0, 0.1) is 0 Å². The number of allylic oxidation sites excluding steroid dienone is 20. The minimum atomic E-state index is -0.805. The van der Waals surface area contributed by atoms with Gasteiger partial charge in [-0.25, -0.2) is 0 Å². The molecule has 0 heterocycles. The van der Waals surface area contributed by atoms with E-state index in [4.69, 9.17) is 14.2 Å². The molecule has 0 radical (unpaired) electrons. The highest BCUT2D eigenvalue weighted by Crippen LogP contribution is 2.14. The quantitative estimate of drug-likeness (QED) is 0.0261. The van der Waals surface area contributed by atoms with Crippen LogP contribution in [-0.4, -0.2) is 37.2 Å². The summed E-state index contributed by atoms with van der Waals surface area (Å²) in [7, 11) is 0. The number of carbonyl (C=O) groups excluding carboxylic acids is 3. The van der Waals surface area contributed by atoms with Crippen LogP contribution < -0.4 is 0 Å². The van der Waals surface area contributed by atoms with Gasteiger partial charge in [0.2, 0.25) is 0 Å². The minimum absolute atomic E-state index is 0.100. The fourth-order valence-corrected chi connectivity index (χ4v) is 7.92. The van der Waals surface area contributed by atoms with Crippen LogP contribution in [0.25, 0.3) is 0 Å². The van der Waals surface area contributed by atoms with Crippen LogP contribution >= 0.6 is 0 Å². The highest BCUT2D eigenvalue weighted by Gasteiger charge is 2.19. The number of carbonyl (C=O) groups is 3. The van der Waals surface area contributed by atoms with Crippen molar-refractivity contribution in [3.63, 3.8) is 0 Å². The zero-order valence-electron chi connectivity index (χ0n) is 47.4. The normalized spacial score (nSPS) is 13.0. The second-order valence-corrected chi connectivity index (χ2v) is 19.5. The zero-order valence-corrected chi connectivity index (χ0v) is 47.4. The molecule has 0 aromatic rings. The molecule has 0 bridgehead atoms. The van der Waals surface area contributed by atoms with Crippen LogP contribution in [0.3, 0.4) is 0 Å². The first-order chi connectivity index (χ1) is 36.0. The van der Waals surface area contributed by atoms with Gasteiger partial charge >= 0.3 is 17.9 Å². The summed E-state index contributed by atoms with van der Waals surface area (Å²) in [4.78, 5) is 38.1. The standard InChI is InChI=1S/C67H110O6/c1-4-7-10-13-16-19-22-24-26-28-30-31-32-33-34-35-36-37-38-40-41-43-45-48-51-54-57-60-66(69)72-63-64(62-71-65(68)59-56-53-50-47-21-18-15-12-9-6-3)73-67(70)61-58-55-52-49-46-44-42-39-29-27-25-23-20-17-14-11-8-5-2/h7,10,12,15-16,19,24,26-27,29-31,33-34,36-37,40-41,45,48,64H,4-6,8-9,11,13-14,17-18,20-23,25,28,32,35,38-39,42-44,46-47,49-63H2,1-3H3/b10-7-,15-12-,19-16-,26-24-,29-27-,31-30-,34-33-,37-36-,41-40-,48-45-. The minimum Gasteiger partial charge on any atom is -0.462 e. The first-order valence-corrected chi connectivity index (χ1v) is 30.0. The van der Waals surface area contributed by atoms with Crippen molar-refractivity contribution < 1.29 is 28.6 Å². The van der Waals surface area contributed by atoms with Crippen molar-refractivity contribution in [1.82, 2.24) is 0 Å². The molecule has 73 heavy (non-hydrogen) atoms. The smallest absolute Gasteiger partial charge is 0.306 e. The summed E-state index contributed by atoms with van der Waals surface area (Å²) in [5, 5.41) is 0. The lowest BCUT2D eigenvalue weighted by molar-refractivity contribution is -0.167. The Labute approximate surface area is 450 Å². The second kappa shape index (κ2) is 60.4. The summed E-state index contributed by atoms with van der Waals surface area (Å²) >= 11 is 0. The second-order valence-electron chi connectivity index (χ2n) is 19.5. The van der Waals surface area contributed by atoms with E-state index in [2.05, 4.69) is 142 Å². The molecule has 1 unspecified atom stereocenters. The number of rotatable bonds is 53. The molecular formula is C67H110O6. The Kier molecular flexibility index (Phi) is 56.9. The van der Waals surface area contributed by atoms with E-state index >= 15 is 0 Å². The van der Waals surface area contributed by atoms with E-state index in [1.165, 1.54) is 96.3 Å². The Morgan fingerprint density at radius 1 is 0.288 bits per heavy atom. The molecule has 0 spiro atoms. The summed E-state index contributed by atoms with van der Waals surface area (Å²) < 4.78 is 16.8. The SMILES string of the molecule is CC/C=C\C/C=C\C/C=C\C/C=C\C/C=C\C/C=C\C/C=C\C/C=C\CCCCC(=O)OCC(COC(=O)CCCCCCC/C=C\CCC)OC(=O)CCCCCCCCC/C=C\CCCCCCCCC. The van der Waals surface area contributed by atoms with Gasteiger partial charge in [-0.1, -0.05) is 239 Å². The average molecular weight is 1010 g/mol. The number of esters is 3. The number of hydrogen-bond donors (Lipinski definition) is 0. The number of hydrogen-bond acceptors (Lipinski definition) is 6. The van der Waals surface area contributed by atoms with Gasteiger partial charge in [-0.2, -0.15) is 0 Å². The van der Waals surface area contributed by atoms with Gasteiger partial charge in [-0.15, -0.1) is 0 Å². The molecule has 0 rings (SSSR count). The molecule has 0 aromatic heterocycles. The first kappa shape index (κ1) is 68.8. The monoisotopic (exact) mass is 1010 g/mol. The maximum Gasteiger partial charge on any atom is 0.306 e. The van der Waals surface area contributed by atoms with Gasteiger partial charge < -0.3 is 14.2 Å². The lowest BCUT2D eigenvalue weighted by atomic mass is 10.1. The first-order valence-electron chi connectivity index (χ1n) is 30.0. The van der Waals surface area contributed by atoms with Crippen LogP contribution in [-0.2, 0) is 28.6 Å². The predicted octanol–water partition coefficient (Wildman–Crippen LogP) is 20.4. The molecule has 0 saturated heterocycles. The average Bonchev–Trinajstić information content (AvgIpc) is 3.39. The van der Waals surface area contributed by atoms with Crippen molar-refractivity contribution >= 4 is 17.9 Å². The number of ether oxygens (including phenoxy) is 3. The molecule has 0 aliphatic rings. The lowest BCUT2D eigenvalue weighted by Gasteiger charge is -2.18. The third kappa shape index (κ3) is 58.6. The molecule has 0 saturated carbocycles. The molecule has 1 atom stereocenters. The molecule has 0 amide bonds. The van der Waals surface area contributed by atoms with E-state index in [0.717, 1.165) is 122 Å². The van der Waals surface area contributed by atoms with Gasteiger partial charge in [-0.05, 0) is 128 Å². The Hall–Kier alpha value is -4.19. The Morgan fingerprint density at radius 3 is 0.932 bits per heavy atom.